The zero-order valence-electron chi connectivity index (χ0n) is 10.6. The van der Waals surface area contributed by atoms with Gasteiger partial charge in [0.25, 0.3) is 0 Å². The first-order chi connectivity index (χ1) is 7.51. The van der Waals surface area contributed by atoms with E-state index in [1.165, 1.54) is 0 Å². The van der Waals surface area contributed by atoms with Crippen LogP contribution >= 0.6 is 0 Å². The number of hydrogen-bond acceptors (Lipinski definition) is 2. The second-order valence-electron chi connectivity index (χ2n) is 4.62. The van der Waals surface area contributed by atoms with Crippen LogP contribution in [0.2, 0.25) is 0 Å². The molecule has 0 bridgehead atoms. The zero-order chi connectivity index (χ0) is 12.3. The van der Waals surface area contributed by atoms with Crippen LogP contribution in [-0.2, 0) is 9.59 Å². The van der Waals surface area contributed by atoms with Gasteiger partial charge in [-0.1, -0.05) is 27.2 Å². The average Bonchev–Trinajstić information content (AvgIpc) is 2.29. The second-order valence-corrected chi connectivity index (χ2v) is 4.62. The van der Waals surface area contributed by atoms with Gasteiger partial charge in [0, 0.05) is 6.04 Å². The molecule has 0 aromatic heterocycles. The molecule has 2 amide bonds. The molecule has 4 heteroatoms. The molecule has 0 spiro atoms. The highest BCUT2D eigenvalue weighted by Gasteiger charge is 2.35. The maximum Gasteiger partial charge on any atom is 0.245 e. The molecule has 0 aromatic carbocycles. The third-order valence-electron chi connectivity index (χ3n) is 3.60. The van der Waals surface area contributed by atoms with Crippen LogP contribution in [0.5, 0.6) is 0 Å². The van der Waals surface area contributed by atoms with Gasteiger partial charge in [0.2, 0.25) is 11.8 Å². The van der Waals surface area contributed by atoms with E-state index < -0.39 is 0 Å². The lowest BCUT2D eigenvalue weighted by Crippen LogP contribution is -2.60. The minimum atomic E-state index is -0.326. The Morgan fingerprint density at radius 3 is 2.50 bits per heavy atom. The summed E-state index contributed by atoms with van der Waals surface area (Å²) in [6.07, 6.45) is 1.68. The molecule has 1 N–H and O–H groups in total. The van der Waals surface area contributed by atoms with Crippen molar-refractivity contribution in [1.29, 1.82) is 0 Å². The lowest BCUT2D eigenvalue weighted by Gasteiger charge is -2.38. The fraction of sp³-hybridized carbons (Fsp3) is 0.833. The molecule has 92 valence electrons. The summed E-state index contributed by atoms with van der Waals surface area (Å²) in [5.41, 5.74) is 0. The third-order valence-corrected chi connectivity index (χ3v) is 3.60. The lowest BCUT2D eigenvalue weighted by atomic mass is 9.97. The van der Waals surface area contributed by atoms with E-state index in [1.807, 2.05) is 13.8 Å². The number of rotatable bonds is 4. The molecule has 0 saturated carbocycles. The molecule has 1 aliphatic heterocycles. The molecular formula is C12H22N2O2. The monoisotopic (exact) mass is 226 g/mol. The number of amides is 2. The van der Waals surface area contributed by atoms with Crippen LogP contribution in [0.4, 0.5) is 0 Å². The van der Waals surface area contributed by atoms with Crippen molar-refractivity contribution in [2.24, 2.45) is 5.92 Å². The number of nitrogens with one attached hydrogen (secondary N) is 1. The number of piperazine rings is 1. The fourth-order valence-corrected chi connectivity index (χ4v) is 2.00. The van der Waals surface area contributed by atoms with Gasteiger partial charge in [0.05, 0.1) is 6.54 Å². The molecule has 16 heavy (non-hydrogen) atoms. The van der Waals surface area contributed by atoms with Crippen molar-refractivity contribution < 1.29 is 9.59 Å². The molecule has 1 heterocycles. The third kappa shape index (κ3) is 2.54. The molecule has 1 aliphatic rings. The van der Waals surface area contributed by atoms with Crippen molar-refractivity contribution in [2.75, 3.05) is 6.54 Å². The van der Waals surface area contributed by atoms with Gasteiger partial charge >= 0.3 is 0 Å². The van der Waals surface area contributed by atoms with Crippen LogP contribution in [0, 0.1) is 5.92 Å². The highest BCUT2D eigenvalue weighted by molar-refractivity contribution is 5.94. The normalized spacial score (nSPS) is 25.2. The van der Waals surface area contributed by atoms with E-state index in [4.69, 9.17) is 0 Å². The summed E-state index contributed by atoms with van der Waals surface area (Å²) in [6, 6.07) is -0.189. The van der Waals surface area contributed by atoms with Gasteiger partial charge in [-0.3, -0.25) is 9.59 Å². The Balaban J connectivity index is 2.77. The Labute approximate surface area is 97.4 Å². The van der Waals surface area contributed by atoms with Crippen LogP contribution in [0.1, 0.15) is 40.5 Å². The lowest BCUT2D eigenvalue weighted by molar-refractivity contribution is -0.147. The summed E-state index contributed by atoms with van der Waals surface area (Å²) >= 11 is 0. The maximum absolute atomic E-state index is 12.1. The van der Waals surface area contributed by atoms with Gasteiger partial charge in [-0.2, -0.15) is 0 Å². The van der Waals surface area contributed by atoms with E-state index in [-0.39, 0.29) is 30.4 Å². The van der Waals surface area contributed by atoms with Crippen molar-refractivity contribution in [3.8, 4) is 0 Å². The summed E-state index contributed by atoms with van der Waals surface area (Å²) in [6.45, 7) is 8.37. The van der Waals surface area contributed by atoms with E-state index in [1.54, 1.807) is 4.90 Å². The largest absolute Gasteiger partial charge is 0.343 e. The predicted octanol–water partition coefficient (Wildman–Crippen LogP) is 1.16. The Morgan fingerprint density at radius 1 is 1.38 bits per heavy atom. The Hall–Kier alpha value is -1.06. The van der Waals surface area contributed by atoms with Crippen molar-refractivity contribution in [3.63, 3.8) is 0 Å². The molecule has 1 saturated heterocycles. The average molecular weight is 226 g/mol. The quantitative estimate of drug-likeness (QED) is 0.782. The zero-order valence-corrected chi connectivity index (χ0v) is 10.6. The van der Waals surface area contributed by atoms with Crippen LogP contribution < -0.4 is 5.32 Å². The number of hydrogen-bond donors (Lipinski definition) is 1. The van der Waals surface area contributed by atoms with Gasteiger partial charge in [0.1, 0.15) is 6.04 Å². The van der Waals surface area contributed by atoms with Crippen LogP contribution in [0.15, 0.2) is 0 Å². The summed E-state index contributed by atoms with van der Waals surface area (Å²) in [5.74, 6) is 0.448. The van der Waals surface area contributed by atoms with Gasteiger partial charge in [-0.25, -0.2) is 0 Å². The first-order valence-electron chi connectivity index (χ1n) is 6.11. The van der Waals surface area contributed by atoms with Gasteiger partial charge < -0.3 is 10.2 Å². The smallest absolute Gasteiger partial charge is 0.245 e. The molecule has 3 unspecified atom stereocenters. The minimum Gasteiger partial charge on any atom is -0.343 e. The van der Waals surface area contributed by atoms with Crippen molar-refractivity contribution in [1.82, 2.24) is 10.2 Å². The van der Waals surface area contributed by atoms with Crippen LogP contribution in [-0.4, -0.2) is 35.3 Å². The molecule has 0 aliphatic carbocycles. The van der Waals surface area contributed by atoms with E-state index in [9.17, 15) is 9.59 Å². The molecule has 4 nitrogen and oxygen atoms in total. The number of carbonyl (C=O) groups is 2. The molecule has 0 aromatic rings. The highest BCUT2D eigenvalue weighted by Crippen LogP contribution is 2.17. The summed E-state index contributed by atoms with van der Waals surface area (Å²) < 4.78 is 0. The van der Waals surface area contributed by atoms with Crippen LogP contribution in [0.25, 0.3) is 0 Å². The Bertz CT molecular complexity index is 278. The van der Waals surface area contributed by atoms with Crippen molar-refractivity contribution >= 4 is 11.8 Å². The first kappa shape index (κ1) is 13.0. The minimum absolute atomic E-state index is 0.0402. The molecule has 1 rings (SSSR count). The summed E-state index contributed by atoms with van der Waals surface area (Å²) in [5, 5.41) is 2.73. The fourth-order valence-electron chi connectivity index (χ4n) is 2.00. The summed E-state index contributed by atoms with van der Waals surface area (Å²) in [7, 11) is 0. The second kappa shape index (κ2) is 5.32. The SMILES string of the molecule is CCC1NC(=O)CN(C(C)C(C)CC)C1=O. The molecule has 3 atom stereocenters. The number of nitrogens with zero attached hydrogens (tertiary/aromatic N) is 1. The van der Waals surface area contributed by atoms with E-state index in [0.29, 0.717) is 12.3 Å². The number of carbonyl (C=O) groups excluding carboxylic acids is 2. The van der Waals surface area contributed by atoms with Crippen molar-refractivity contribution in [2.45, 2.75) is 52.6 Å². The van der Waals surface area contributed by atoms with Gasteiger partial charge in [-0.15, -0.1) is 0 Å². The first-order valence-corrected chi connectivity index (χ1v) is 6.11. The Morgan fingerprint density at radius 2 is 2.00 bits per heavy atom. The van der Waals surface area contributed by atoms with E-state index in [0.717, 1.165) is 6.42 Å². The van der Waals surface area contributed by atoms with Gasteiger partial charge in [0.15, 0.2) is 0 Å². The molecule has 1 fully saturated rings. The molecular weight excluding hydrogens is 204 g/mol. The highest BCUT2D eigenvalue weighted by atomic mass is 16.2. The maximum atomic E-state index is 12.1. The van der Waals surface area contributed by atoms with E-state index >= 15 is 0 Å². The van der Waals surface area contributed by atoms with Crippen molar-refractivity contribution in [3.05, 3.63) is 0 Å². The predicted molar refractivity (Wildman–Crippen MR) is 62.9 cm³/mol. The standard InChI is InChI=1S/C12H22N2O2/c1-5-8(3)9(4)14-7-11(15)13-10(6-2)12(14)16/h8-10H,5-7H2,1-4H3,(H,13,15). The van der Waals surface area contributed by atoms with Crippen LogP contribution in [0.3, 0.4) is 0 Å². The molecule has 0 radical (unpaired) electrons. The van der Waals surface area contributed by atoms with Gasteiger partial charge in [-0.05, 0) is 19.3 Å². The van der Waals surface area contributed by atoms with E-state index in [2.05, 4.69) is 19.2 Å². The Kier molecular flexibility index (Phi) is 4.33. The topological polar surface area (TPSA) is 49.4 Å². The summed E-state index contributed by atoms with van der Waals surface area (Å²) in [4.78, 5) is 25.3.